The quantitative estimate of drug-likeness (QED) is 0.0278. The molecular weight excluding hydrogens is 995 g/mol. The van der Waals surface area contributed by atoms with Crippen molar-refractivity contribution < 1.29 is 42.9 Å². The number of likely N-dealkylation sites (N-methyl/N-ethyl adjacent to an activating group) is 1. The van der Waals surface area contributed by atoms with Crippen molar-refractivity contribution in [2.75, 3.05) is 47.5 Å². The van der Waals surface area contributed by atoms with Gasteiger partial charge in [-0.2, -0.15) is 0 Å². The number of hydrogen-bond donors (Lipinski definition) is 1. The lowest BCUT2D eigenvalue weighted by atomic mass is 10.0. The minimum atomic E-state index is -1.50. The van der Waals surface area contributed by atoms with Crippen molar-refractivity contribution in [3.63, 3.8) is 0 Å². The Morgan fingerprint density at radius 2 is 0.562 bits per heavy atom. The molecule has 0 aliphatic carbocycles. The summed E-state index contributed by atoms with van der Waals surface area (Å²) in [7, 11) is 5.99. The van der Waals surface area contributed by atoms with E-state index in [-0.39, 0.29) is 38.2 Å². The van der Waals surface area contributed by atoms with E-state index >= 15 is 0 Å². The number of carboxylic acids is 1. The maximum Gasteiger partial charge on any atom is 0.361 e. The van der Waals surface area contributed by atoms with Gasteiger partial charge in [0.1, 0.15) is 13.2 Å². The molecule has 0 aromatic carbocycles. The molecule has 0 aromatic rings. The van der Waals surface area contributed by atoms with Crippen LogP contribution in [0.15, 0.2) is 0 Å². The van der Waals surface area contributed by atoms with Gasteiger partial charge in [-0.25, -0.2) is 4.79 Å². The molecule has 0 saturated carbocycles. The van der Waals surface area contributed by atoms with Crippen LogP contribution in [-0.2, 0) is 33.3 Å². The minimum Gasteiger partial charge on any atom is -0.477 e. The first-order chi connectivity index (χ1) is 39.1. The number of rotatable bonds is 68. The number of esters is 2. The zero-order valence-corrected chi connectivity index (χ0v) is 54.5. The fourth-order valence-electron chi connectivity index (χ4n) is 11.1. The lowest BCUT2D eigenvalue weighted by Gasteiger charge is -2.25. The number of ether oxygens (including phenoxy) is 4. The van der Waals surface area contributed by atoms with Crippen molar-refractivity contribution in [3.8, 4) is 0 Å². The van der Waals surface area contributed by atoms with Crippen LogP contribution in [0.2, 0.25) is 0 Å². The van der Waals surface area contributed by atoms with Crippen molar-refractivity contribution >= 4 is 17.9 Å². The van der Waals surface area contributed by atoms with Crippen molar-refractivity contribution in [3.05, 3.63) is 0 Å². The first kappa shape index (κ1) is 78.3. The normalized spacial score (nSPS) is 12.6. The highest BCUT2D eigenvalue weighted by atomic mass is 16.7. The summed E-state index contributed by atoms with van der Waals surface area (Å²) in [4.78, 5) is 37.5. The first-order valence-corrected chi connectivity index (χ1v) is 35.7. The van der Waals surface area contributed by atoms with E-state index in [1.165, 1.54) is 315 Å². The predicted molar refractivity (Wildman–Crippen MR) is 342 cm³/mol. The second-order valence-electron chi connectivity index (χ2n) is 25.9. The Kier molecular flexibility index (Phi) is 62.0. The first-order valence-electron chi connectivity index (χ1n) is 35.7. The van der Waals surface area contributed by atoms with Gasteiger partial charge in [0.15, 0.2) is 6.10 Å². The van der Waals surface area contributed by atoms with Crippen LogP contribution in [0.1, 0.15) is 380 Å². The van der Waals surface area contributed by atoms with Crippen molar-refractivity contribution in [1.82, 2.24) is 0 Å². The molecule has 0 spiro atoms. The van der Waals surface area contributed by atoms with Crippen LogP contribution < -0.4 is 0 Å². The molecule has 0 saturated heterocycles. The molecule has 0 rings (SSSR count). The Labute approximate surface area is 498 Å². The summed E-state index contributed by atoms with van der Waals surface area (Å²) < 4.78 is 23.0. The number of carbonyl (C=O) groups is 3. The minimum absolute atomic E-state index is 0.172. The molecule has 476 valence electrons. The monoisotopic (exact) mass is 1140 g/mol. The molecule has 2 unspecified atom stereocenters. The summed E-state index contributed by atoms with van der Waals surface area (Å²) >= 11 is 0. The summed E-state index contributed by atoms with van der Waals surface area (Å²) in [5, 5.41) is 9.73. The number of quaternary nitrogens is 1. The SMILES string of the molecule is CCCCCCCCCCCCCCCCCCCCCCCCCCCCCCCCCCCCCCCCC(=O)OC(COC(=O)CCCCCCCCCCCCCCCCCCC)COC(OCC[N+](C)(C)C)C(=O)O. The van der Waals surface area contributed by atoms with E-state index in [4.69, 9.17) is 18.9 Å². The van der Waals surface area contributed by atoms with Gasteiger partial charge in [-0.3, -0.25) is 9.59 Å². The van der Waals surface area contributed by atoms with Gasteiger partial charge in [0.25, 0.3) is 6.29 Å². The van der Waals surface area contributed by atoms with Crippen LogP contribution >= 0.6 is 0 Å². The third-order valence-corrected chi connectivity index (χ3v) is 16.6. The average molecular weight is 1140 g/mol. The highest BCUT2D eigenvalue weighted by molar-refractivity contribution is 5.71. The fraction of sp³-hybridized carbons (Fsp3) is 0.958. The number of nitrogens with zero attached hydrogens (tertiary/aromatic N) is 1. The van der Waals surface area contributed by atoms with Crippen LogP contribution in [0.3, 0.4) is 0 Å². The van der Waals surface area contributed by atoms with Crippen molar-refractivity contribution in [2.24, 2.45) is 0 Å². The highest BCUT2D eigenvalue weighted by Crippen LogP contribution is 2.20. The smallest absolute Gasteiger partial charge is 0.361 e. The van der Waals surface area contributed by atoms with Gasteiger partial charge >= 0.3 is 17.9 Å². The van der Waals surface area contributed by atoms with Crippen LogP contribution in [0.4, 0.5) is 0 Å². The molecule has 0 aliphatic rings. The van der Waals surface area contributed by atoms with E-state index in [9.17, 15) is 19.5 Å². The van der Waals surface area contributed by atoms with Crippen LogP contribution in [0.25, 0.3) is 0 Å². The summed E-state index contributed by atoms with van der Waals surface area (Å²) in [6.45, 7) is 4.96. The molecule has 0 amide bonds. The third kappa shape index (κ3) is 63.9. The molecule has 2 atom stereocenters. The zero-order valence-electron chi connectivity index (χ0n) is 54.5. The topological polar surface area (TPSA) is 108 Å². The van der Waals surface area contributed by atoms with E-state index in [1.807, 2.05) is 21.1 Å². The van der Waals surface area contributed by atoms with Crippen LogP contribution in [0.5, 0.6) is 0 Å². The van der Waals surface area contributed by atoms with Gasteiger partial charge in [-0.15, -0.1) is 0 Å². The van der Waals surface area contributed by atoms with E-state index in [1.54, 1.807) is 0 Å². The number of carboxylic acid groups (broad SMARTS) is 1. The fourth-order valence-corrected chi connectivity index (χ4v) is 11.1. The standard InChI is InChI=1S/C71H139NO8/c1-6-8-10-12-14-16-18-20-22-24-25-26-27-28-29-30-31-32-33-34-35-36-37-38-39-40-41-42-43-44-46-48-50-52-54-56-58-60-62-69(74)80-67(66-79-71(70(75)76)77-64-63-72(3,4)5)65-78-68(73)61-59-57-55-53-51-49-47-45-23-21-19-17-15-13-11-9-7-2/h67,71H,6-66H2,1-5H3/p+1. The number of aliphatic carboxylic acids is 1. The summed E-state index contributed by atoms with van der Waals surface area (Å²) in [5.74, 6) is -1.97. The van der Waals surface area contributed by atoms with Gasteiger partial charge in [-0.05, 0) is 12.8 Å². The Morgan fingerprint density at radius 1 is 0.325 bits per heavy atom. The van der Waals surface area contributed by atoms with Gasteiger partial charge in [0.2, 0.25) is 0 Å². The second kappa shape index (κ2) is 63.3. The number of unbranched alkanes of at least 4 members (excludes halogenated alkanes) is 53. The molecule has 0 heterocycles. The molecule has 0 radical (unpaired) electrons. The van der Waals surface area contributed by atoms with E-state index in [2.05, 4.69) is 13.8 Å². The zero-order chi connectivity index (χ0) is 58.3. The molecule has 1 N–H and O–H groups in total. The summed E-state index contributed by atoms with van der Waals surface area (Å²) in [6, 6.07) is 0. The third-order valence-electron chi connectivity index (χ3n) is 16.6. The lowest BCUT2D eigenvalue weighted by Crippen LogP contribution is -2.40. The molecule has 0 aliphatic heterocycles. The Hall–Kier alpha value is -1.71. The number of carbonyl (C=O) groups excluding carboxylic acids is 2. The van der Waals surface area contributed by atoms with E-state index < -0.39 is 18.4 Å². The number of hydrogen-bond acceptors (Lipinski definition) is 7. The highest BCUT2D eigenvalue weighted by Gasteiger charge is 2.25. The van der Waals surface area contributed by atoms with Crippen molar-refractivity contribution in [2.45, 2.75) is 392 Å². The molecule has 80 heavy (non-hydrogen) atoms. The Bertz CT molecular complexity index is 1270. The van der Waals surface area contributed by atoms with Gasteiger partial charge < -0.3 is 28.5 Å². The summed E-state index contributed by atoms with van der Waals surface area (Å²) in [5.41, 5.74) is 0. The van der Waals surface area contributed by atoms with Gasteiger partial charge in [0.05, 0.1) is 34.4 Å². The maximum absolute atomic E-state index is 12.9. The molecule has 9 nitrogen and oxygen atoms in total. The van der Waals surface area contributed by atoms with Crippen molar-refractivity contribution in [1.29, 1.82) is 0 Å². The average Bonchev–Trinajstić information content (AvgIpc) is 3.43. The molecule has 0 fully saturated rings. The molecular formula is C71H140NO8+. The lowest BCUT2D eigenvalue weighted by molar-refractivity contribution is -0.870. The second-order valence-corrected chi connectivity index (χ2v) is 25.9. The van der Waals surface area contributed by atoms with E-state index in [0.29, 0.717) is 17.4 Å². The maximum atomic E-state index is 12.9. The van der Waals surface area contributed by atoms with Gasteiger partial charge in [0, 0.05) is 12.8 Å². The van der Waals surface area contributed by atoms with Crippen LogP contribution in [-0.4, -0.2) is 87.4 Å². The van der Waals surface area contributed by atoms with E-state index in [0.717, 1.165) is 38.5 Å². The summed E-state index contributed by atoms with van der Waals surface area (Å²) in [6.07, 6.45) is 72.4. The Morgan fingerprint density at radius 3 is 0.800 bits per heavy atom. The molecule has 0 aromatic heterocycles. The predicted octanol–water partition coefficient (Wildman–Crippen LogP) is 21.9. The van der Waals surface area contributed by atoms with Crippen LogP contribution in [0, 0.1) is 0 Å². The molecule has 9 heteroatoms. The Balaban J connectivity index is 3.91. The largest absolute Gasteiger partial charge is 0.477 e. The van der Waals surface area contributed by atoms with Gasteiger partial charge in [-0.1, -0.05) is 354 Å². The molecule has 0 bridgehead atoms.